The molecule has 0 unspecified atom stereocenters. The van der Waals surface area contributed by atoms with Crippen LogP contribution < -0.4 is 5.32 Å². The van der Waals surface area contributed by atoms with Crippen molar-refractivity contribution in [1.82, 2.24) is 5.32 Å². The standard InChI is InChI=1S/C20H19NO2/c1-20(2)13-21-17(15-11-7-4-8-12-15)16(18(22)19(20)23)14-9-5-3-6-10-14/h3-12,21H,13H2,1-2H3. The summed E-state index contributed by atoms with van der Waals surface area (Å²) >= 11 is 0. The minimum absolute atomic E-state index is 0.352. The molecular formula is C20H19NO2. The molecule has 0 saturated carbocycles. The summed E-state index contributed by atoms with van der Waals surface area (Å²) in [5.74, 6) is -0.778. The molecule has 1 N–H and O–H groups in total. The van der Waals surface area contributed by atoms with Crippen molar-refractivity contribution >= 4 is 22.8 Å². The van der Waals surface area contributed by atoms with E-state index in [4.69, 9.17) is 0 Å². The van der Waals surface area contributed by atoms with E-state index in [1.807, 2.05) is 60.7 Å². The summed E-state index contributed by atoms with van der Waals surface area (Å²) < 4.78 is 0. The number of nitrogens with one attached hydrogen (secondary N) is 1. The van der Waals surface area contributed by atoms with Crippen molar-refractivity contribution in [2.24, 2.45) is 5.41 Å². The molecule has 116 valence electrons. The van der Waals surface area contributed by atoms with E-state index in [1.165, 1.54) is 0 Å². The molecule has 2 aromatic carbocycles. The number of allylic oxidation sites excluding steroid dienone is 1. The fourth-order valence-electron chi connectivity index (χ4n) is 2.74. The third kappa shape index (κ3) is 2.82. The Morgan fingerprint density at radius 2 is 1.35 bits per heavy atom. The minimum Gasteiger partial charge on any atom is -0.383 e. The normalized spacial score (nSPS) is 17.7. The Kier molecular flexibility index (Phi) is 3.87. The van der Waals surface area contributed by atoms with E-state index < -0.39 is 11.2 Å². The van der Waals surface area contributed by atoms with Crippen LogP contribution in [0, 0.1) is 5.41 Å². The van der Waals surface area contributed by atoms with Gasteiger partial charge in [-0.15, -0.1) is 0 Å². The SMILES string of the molecule is CC1(C)CNC(c2ccccc2)=C(c2ccccc2)C(=O)C1=O. The Morgan fingerprint density at radius 1 is 0.826 bits per heavy atom. The maximum atomic E-state index is 12.9. The number of rotatable bonds is 2. The van der Waals surface area contributed by atoms with Crippen LogP contribution in [-0.4, -0.2) is 18.1 Å². The van der Waals surface area contributed by atoms with Gasteiger partial charge >= 0.3 is 0 Å². The summed E-state index contributed by atoms with van der Waals surface area (Å²) in [6, 6.07) is 19.0. The van der Waals surface area contributed by atoms with E-state index in [1.54, 1.807) is 13.8 Å². The van der Waals surface area contributed by atoms with Crippen molar-refractivity contribution in [1.29, 1.82) is 0 Å². The predicted octanol–water partition coefficient (Wildman–Crippen LogP) is 3.32. The van der Waals surface area contributed by atoms with Gasteiger partial charge < -0.3 is 5.32 Å². The van der Waals surface area contributed by atoms with Crippen LogP contribution in [0.4, 0.5) is 0 Å². The maximum absolute atomic E-state index is 12.9. The molecule has 0 saturated heterocycles. The van der Waals surface area contributed by atoms with Crippen LogP contribution in [0.3, 0.4) is 0 Å². The monoisotopic (exact) mass is 305 g/mol. The molecule has 1 aliphatic rings. The van der Waals surface area contributed by atoms with Crippen molar-refractivity contribution in [3.8, 4) is 0 Å². The molecule has 1 heterocycles. The minimum atomic E-state index is -0.729. The van der Waals surface area contributed by atoms with E-state index >= 15 is 0 Å². The Bertz CT molecular complexity index is 774. The van der Waals surface area contributed by atoms with Gasteiger partial charge in [0.2, 0.25) is 11.6 Å². The molecule has 0 fully saturated rings. The van der Waals surface area contributed by atoms with E-state index in [9.17, 15) is 9.59 Å². The molecule has 1 aliphatic heterocycles. The number of carbonyl (C=O) groups is 2. The lowest BCUT2D eigenvalue weighted by molar-refractivity contribution is -0.138. The second kappa shape index (κ2) is 5.84. The summed E-state index contributed by atoms with van der Waals surface area (Å²) in [4.78, 5) is 25.5. The smallest absolute Gasteiger partial charge is 0.231 e. The van der Waals surface area contributed by atoms with E-state index in [2.05, 4.69) is 5.32 Å². The number of hydrogen-bond donors (Lipinski definition) is 1. The first-order chi connectivity index (χ1) is 11.0. The first-order valence-corrected chi connectivity index (χ1v) is 7.69. The van der Waals surface area contributed by atoms with Crippen LogP contribution in [-0.2, 0) is 9.59 Å². The van der Waals surface area contributed by atoms with E-state index in [0.717, 1.165) is 16.8 Å². The topological polar surface area (TPSA) is 46.2 Å². The van der Waals surface area contributed by atoms with Gasteiger partial charge in [-0.05, 0) is 11.1 Å². The fraction of sp³-hybridized carbons (Fsp3) is 0.200. The maximum Gasteiger partial charge on any atom is 0.231 e. The van der Waals surface area contributed by atoms with Gasteiger partial charge in [0.15, 0.2) is 0 Å². The van der Waals surface area contributed by atoms with Crippen LogP contribution in [0.1, 0.15) is 25.0 Å². The molecule has 0 aromatic heterocycles. The second-order valence-corrected chi connectivity index (χ2v) is 6.38. The van der Waals surface area contributed by atoms with Crippen LogP contribution in [0.15, 0.2) is 60.7 Å². The van der Waals surface area contributed by atoms with Crippen LogP contribution in [0.5, 0.6) is 0 Å². The highest BCUT2D eigenvalue weighted by atomic mass is 16.2. The molecule has 0 atom stereocenters. The highest BCUT2D eigenvalue weighted by Gasteiger charge is 2.39. The number of Topliss-reactive ketones (excluding diaryl/α,β-unsaturated/α-hetero) is 2. The van der Waals surface area contributed by atoms with Crippen molar-refractivity contribution in [3.05, 3.63) is 71.8 Å². The van der Waals surface area contributed by atoms with Crippen LogP contribution >= 0.6 is 0 Å². The van der Waals surface area contributed by atoms with Gasteiger partial charge in [0.25, 0.3) is 0 Å². The Balaban J connectivity index is 2.24. The van der Waals surface area contributed by atoms with Crippen LogP contribution in [0.25, 0.3) is 11.3 Å². The zero-order chi connectivity index (χ0) is 16.4. The predicted molar refractivity (Wildman–Crippen MR) is 91.5 cm³/mol. The highest BCUT2D eigenvalue weighted by molar-refractivity contribution is 6.57. The molecule has 0 aliphatic carbocycles. The van der Waals surface area contributed by atoms with Crippen molar-refractivity contribution in [2.75, 3.05) is 6.54 Å². The average molecular weight is 305 g/mol. The third-order valence-corrected chi connectivity index (χ3v) is 4.13. The van der Waals surface area contributed by atoms with Gasteiger partial charge in [0.1, 0.15) is 0 Å². The summed E-state index contributed by atoms with van der Waals surface area (Å²) in [7, 11) is 0. The molecule has 0 bridgehead atoms. The molecule has 23 heavy (non-hydrogen) atoms. The van der Waals surface area contributed by atoms with E-state index in [0.29, 0.717) is 12.1 Å². The first kappa shape index (κ1) is 15.2. The molecule has 3 nitrogen and oxygen atoms in total. The van der Waals surface area contributed by atoms with Gasteiger partial charge in [-0.25, -0.2) is 0 Å². The highest BCUT2D eigenvalue weighted by Crippen LogP contribution is 2.32. The van der Waals surface area contributed by atoms with Gasteiger partial charge in [0, 0.05) is 12.0 Å². The Hall–Kier alpha value is -2.68. The summed E-state index contributed by atoms with van der Waals surface area (Å²) in [6.45, 7) is 4.03. The molecular weight excluding hydrogens is 286 g/mol. The molecule has 3 rings (SSSR count). The number of ketones is 2. The van der Waals surface area contributed by atoms with Crippen LogP contribution in [0.2, 0.25) is 0 Å². The molecule has 2 aromatic rings. The second-order valence-electron chi connectivity index (χ2n) is 6.38. The Labute approximate surface area is 136 Å². The van der Waals surface area contributed by atoms with Gasteiger partial charge in [-0.2, -0.15) is 0 Å². The summed E-state index contributed by atoms with van der Waals surface area (Å²) in [5, 5.41) is 3.34. The lowest BCUT2D eigenvalue weighted by Gasteiger charge is -2.20. The zero-order valence-electron chi connectivity index (χ0n) is 13.3. The van der Waals surface area contributed by atoms with Crippen molar-refractivity contribution in [3.63, 3.8) is 0 Å². The fourth-order valence-corrected chi connectivity index (χ4v) is 2.74. The van der Waals surface area contributed by atoms with Gasteiger partial charge in [0.05, 0.1) is 11.3 Å². The first-order valence-electron chi connectivity index (χ1n) is 7.69. The van der Waals surface area contributed by atoms with Gasteiger partial charge in [-0.3, -0.25) is 9.59 Å². The van der Waals surface area contributed by atoms with Crippen molar-refractivity contribution < 1.29 is 9.59 Å². The molecule has 3 heteroatoms. The summed E-state index contributed by atoms with van der Waals surface area (Å²) in [5.41, 5.74) is 2.11. The Morgan fingerprint density at radius 3 is 1.91 bits per heavy atom. The largest absolute Gasteiger partial charge is 0.383 e. The van der Waals surface area contributed by atoms with Gasteiger partial charge in [-0.1, -0.05) is 74.5 Å². The lowest BCUT2D eigenvalue weighted by atomic mass is 9.84. The average Bonchev–Trinajstić information content (AvgIpc) is 2.66. The third-order valence-electron chi connectivity index (χ3n) is 4.13. The molecule has 0 spiro atoms. The van der Waals surface area contributed by atoms with Crippen molar-refractivity contribution in [2.45, 2.75) is 13.8 Å². The zero-order valence-corrected chi connectivity index (χ0v) is 13.3. The number of hydrogen-bond acceptors (Lipinski definition) is 3. The van der Waals surface area contributed by atoms with E-state index in [-0.39, 0.29) is 5.78 Å². The number of carbonyl (C=O) groups excluding carboxylic acids is 2. The lowest BCUT2D eigenvalue weighted by Crippen LogP contribution is -2.36. The summed E-state index contributed by atoms with van der Waals surface area (Å²) in [6.07, 6.45) is 0. The molecule has 0 amide bonds. The quantitative estimate of drug-likeness (QED) is 0.866. The molecule has 0 radical (unpaired) electrons. The number of benzene rings is 2.